The Balaban J connectivity index is 2.19. The highest BCUT2D eigenvalue weighted by molar-refractivity contribution is 6.17. The van der Waals surface area contributed by atoms with Crippen LogP contribution >= 0.6 is 0 Å². The van der Waals surface area contributed by atoms with Crippen LogP contribution in [-0.2, 0) is 9.59 Å². The molecule has 0 saturated carbocycles. The molecule has 1 aromatic rings. The number of nitrogens with zero attached hydrogens (tertiary/aromatic N) is 2. The lowest BCUT2D eigenvalue weighted by Crippen LogP contribution is -2.43. The Labute approximate surface area is 117 Å². The van der Waals surface area contributed by atoms with Crippen LogP contribution < -0.4 is 15.5 Å². The Kier molecular flexibility index (Phi) is 4.84. The zero-order valence-electron chi connectivity index (χ0n) is 11.4. The van der Waals surface area contributed by atoms with Crippen molar-refractivity contribution < 1.29 is 9.59 Å². The summed E-state index contributed by atoms with van der Waals surface area (Å²) in [6, 6.07) is 1.87. The predicted molar refractivity (Wildman–Crippen MR) is 77.8 cm³/mol. The van der Waals surface area contributed by atoms with Crippen LogP contribution in [0.1, 0.15) is 6.92 Å². The van der Waals surface area contributed by atoms with E-state index in [0.717, 1.165) is 31.9 Å². The molecule has 106 valence electrons. The van der Waals surface area contributed by atoms with Gasteiger partial charge in [-0.2, -0.15) is 0 Å². The number of hydrogen-bond donors (Lipinski definition) is 2. The van der Waals surface area contributed by atoms with E-state index in [9.17, 15) is 9.59 Å². The Morgan fingerprint density at radius 1 is 1.45 bits per heavy atom. The quantitative estimate of drug-likeness (QED) is 0.363. The molecular weight excluding hydrogens is 256 g/mol. The average molecular weight is 274 g/mol. The van der Waals surface area contributed by atoms with Crippen molar-refractivity contribution in [1.29, 1.82) is 0 Å². The first-order valence-corrected chi connectivity index (χ1v) is 6.58. The molecule has 0 aliphatic carbocycles. The van der Waals surface area contributed by atoms with Crippen LogP contribution in [0.15, 0.2) is 30.1 Å². The normalized spacial score (nSPS) is 15.8. The monoisotopic (exact) mass is 274 g/mol. The van der Waals surface area contributed by atoms with Crippen LogP contribution in [0.5, 0.6) is 0 Å². The van der Waals surface area contributed by atoms with Crippen molar-refractivity contribution in [2.24, 2.45) is 0 Å². The van der Waals surface area contributed by atoms with Crippen LogP contribution in [-0.4, -0.2) is 43.4 Å². The fourth-order valence-electron chi connectivity index (χ4n) is 2.11. The second-order valence-electron chi connectivity index (χ2n) is 4.45. The molecule has 0 radical (unpaired) electrons. The van der Waals surface area contributed by atoms with Gasteiger partial charge in [0.2, 0.25) is 0 Å². The second-order valence-corrected chi connectivity index (χ2v) is 4.45. The molecule has 1 saturated heterocycles. The second kappa shape index (κ2) is 6.81. The molecule has 6 heteroatoms. The molecule has 1 aliphatic rings. The smallest absolute Gasteiger partial charge is 0.258 e. The Bertz CT molecular complexity index is 522. The van der Waals surface area contributed by atoms with Gasteiger partial charge in [0, 0.05) is 32.4 Å². The number of aromatic nitrogens is 1. The minimum atomic E-state index is -0.410. The molecule has 0 aromatic carbocycles. The number of amides is 1. The highest BCUT2D eigenvalue weighted by atomic mass is 16.2. The van der Waals surface area contributed by atoms with Crippen molar-refractivity contribution in [3.8, 4) is 0 Å². The number of allylic oxidation sites excluding steroid dienone is 1. The van der Waals surface area contributed by atoms with Gasteiger partial charge in [-0.3, -0.25) is 14.6 Å². The molecule has 1 aliphatic heterocycles. The molecule has 0 atom stereocenters. The summed E-state index contributed by atoms with van der Waals surface area (Å²) in [6.45, 7) is 5.21. The molecule has 1 fully saturated rings. The Hall–Kier alpha value is -2.21. The van der Waals surface area contributed by atoms with Gasteiger partial charge in [-0.25, -0.2) is 0 Å². The zero-order valence-corrected chi connectivity index (χ0v) is 11.4. The summed E-state index contributed by atoms with van der Waals surface area (Å²) in [5.41, 5.74) is 1.66. The number of pyridine rings is 1. The van der Waals surface area contributed by atoms with Gasteiger partial charge in [0.15, 0.2) is 6.29 Å². The predicted octanol–water partition coefficient (Wildman–Crippen LogP) is 0.575. The molecule has 2 N–H and O–H groups in total. The molecule has 2 heterocycles. The van der Waals surface area contributed by atoms with Gasteiger partial charge in [0.1, 0.15) is 0 Å². The van der Waals surface area contributed by atoms with Crippen LogP contribution in [0.25, 0.3) is 0 Å². The summed E-state index contributed by atoms with van der Waals surface area (Å²) >= 11 is 0. The fourth-order valence-corrected chi connectivity index (χ4v) is 2.11. The summed E-state index contributed by atoms with van der Waals surface area (Å²) in [5.74, 6) is -0.410. The molecule has 6 nitrogen and oxygen atoms in total. The maximum absolute atomic E-state index is 11.9. The zero-order chi connectivity index (χ0) is 14.4. The van der Waals surface area contributed by atoms with Gasteiger partial charge in [-0.05, 0) is 13.0 Å². The maximum atomic E-state index is 11.9. The first kappa shape index (κ1) is 14.2. The van der Waals surface area contributed by atoms with Crippen molar-refractivity contribution in [3.63, 3.8) is 0 Å². The summed E-state index contributed by atoms with van der Waals surface area (Å²) in [4.78, 5) is 29.0. The van der Waals surface area contributed by atoms with Crippen LogP contribution in [0.2, 0.25) is 0 Å². The molecule has 0 unspecified atom stereocenters. The maximum Gasteiger partial charge on any atom is 0.258 e. The number of piperazine rings is 1. The number of hydrogen-bond acceptors (Lipinski definition) is 5. The molecule has 0 spiro atoms. The fraction of sp³-hybridized carbons (Fsp3) is 0.357. The third-order valence-electron chi connectivity index (χ3n) is 3.20. The first-order chi connectivity index (χ1) is 9.76. The highest BCUT2D eigenvalue weighted by Gasteiger charge is 2.16. The van der Waals surface area contributed by atoms with Crippen molar-refractivity contribution in [1.82, 2.24) is 10.3 Å². The third-order valence-corrected chi connectivity index (χ3v) is 3.20. The number of rotatable bonds is 4. The average Bonchev–Trinajstić information content (AvgIpc) is 2.50. The van der Waals surface area contributed by atoms with Gasteiger partial charge in [0.05, 0.1) is 23.1 Å². The molecule has 0 bridgehead atoms. The van der Waals surface area contributed by atoms with Gasteiger partial charge in [-0.1, -0.05) is 6.08 Å². The van der Waals surface area contributed by atoms with Crippen LogP contribution in [0.4, 0.5) is 11.4 Å². The summed E-state index contributed by atoms with van der Waals surface area (Å²) in [7, 11) is 0. The van der Waals surface area contributed by atoms with Gasteiger partial charge < -0.3 is 15.5 Å². The van der Waals surface area contributed by atoms with Crippen molar-refractivity contribution in [2.75, 3.05) is 36.4 Å². The Morgan fingerprint density at radius 3 is 2.85 bits per heavy atom. The number of aldehydes is 1. The van der Waals surface area contributed by atoms with Crippen molar-refractivity contribution >= 4 is 23.6 Å². The van der Waals surface area contributed by atoms with E-state index in [-0.39, 0.29) is 5.57 Å². The van der Waals surface area contributed by atoms with Gasteiger partial charge in [0.25, 0.3) is 5.91 Å². The lowest BCUT2D eigenvalue weighted by molar-refractivity contribution is -0.115. The summed E-state index contributed by atoms with van der Waals surface area (Å²) < 4.78 is 0. The van der Waals surface area contributed by atoms with Gasteiger partial charge >= 0.3 is 0 Å². The summed E-state index contributed by atoms with van der Waals surface area (Å²) in [6.07, 6.45) is 5.34. The van der Waals surface area contributed by atoms with Crippen LogP contribution in [0, 0.1) is 0 Å². The van der Waals surface area contributed by atoms with E-state index < -0.39 is 5.91 Å². The van der Waals surface area contributed by atoms with E-state index in [4.69, 9.17) is 0 Å². The molecule has 1 aromatic heterocycles. The largest absolute Gasteiger partial charge is 0.367 e. The standard InChI is InChI=1S/C14H18N4O2/c1-2-11(10-19)14(20)17-12-9-16-4-3-13(12)18-7-5-15-6-8-18/h2-4,9-10,15H,5-8H2,1H3,(H,17,20). The molecule has 20 heavy (non-hydrogen) atoms. The van der Waals surface area contributed by atoms with E-state index in [0.29, 0.717) is 12.0 Å². The van der Waals surface area contributed by atoms with E-state index >= 15 is 0 Å². The number of carbonyl (C=O) groups is 2. The number of anilines is 2. The van der Waals surface area contributed by atoms with Crippen LogP contribution in [0.3, 0.4) is 0 Å². The SMILES string of the molecule is CC=C(C=O)C(=O)Nc1cnccc1N1CCNCC1. The van der Waals surface area contributed by atoms with Crippen molar-refractivity contribution in [2.45, 2.75) is 6.92 Å². The number of carbonyl (C=O) groups excluding carboxylic acids is 2. The van der Waals surface area contributed by atoms with E-state index in [2.05, 4.69) is 20.5 Å². The first-order valence-electron chi connectivity index (χ1n) is 6.58. The third kappa shape index (κ3) is 3.21. The lowest BCUT2D eigenvalue weighted by atomic mass is 10.2. The van der Waals surface area contributed by atoms with E-state index in [1.807, 2.05) is 6.07 Å². The lowest BCUT2D eigenvalue weighted by Gasteiger charge is -2.30. The van der Waals surface area contributed by atoms with E-state index in [1.54, 1.807) is 19.3 Å². The minimum absolute atomic E-state index is 0.111. The van der Waals surface area contributed by atoms with Gasteiger partial charge in [-0.15, -0.1) is 0 Å². The topological polar surface area (TPSA) is 74.3 Å². The molecular formula is C14H18N4O2. The molecule has 1 amide bonds. The minimum Gasteiger partial charge on any atom is -0.367 e. The molecule has 2 rings (SSSR count). The number of nitrogens with one attached hydrogen (secondary N) is 2. The Morgan fingerprint density at radius 2 is 2.20 bits per heavy atom. The van der Waals surface area contributed by atoms with E-state index in [1.165, 1.54) is 6.08 Å². The summed E-state index contributed by atoms with van der Waals surface area (Å²) in [5, 5.41) is 6.03. The highest BCUT2D eigenvalue weighted by Crippen LogP contribution is 2.25. The van der Waals surface area contributed by atoms with Crippen molar-refractivity contribution in [3.05, 3.63) is 30.1 Å².